The molecule has 1 heteroatoms. The van der Waals surface area contributed by atoms with Crippen molar-refractivity contribution in [3.8, 4) is 0 Å². The molecule has 0 aliphatic carbocycles. The summed E-state index contributed by atoms with van der Waals surface area (Å²) in [6.45, 7) is 5.27. The van der Waals surface area contributed by atoms with Crippen LogP contribution in [0.15, 0.2) is 42.5 Å². The molecule has 0 heterocycles. The van der Waals surface area contributed by atoms with Crippen molar-refractivity contribution in [2.45, 2.75) is 26.8 Å². The molecule has 0 saturated carbocycles. The van der Waals surface area contributed by atoms with Gasteiger partial charge >= 0.3 is 0 Å². The van der Waals surface area contributed by atoms with E-state index in [0.717, 1.165) is 13.0 Å². The Balaban J connectivity index is 2.15. The number of aryl methyl sites for hydroxylation is 2. The van der Waals surface area contributed by atoms with E-state index in [0.29, 0.717) is 0 Å². The van der Waals surface area contributed by atoms with Crippen LogP contribution in [0.4, 0.5) is 0 Å². The van der Waals surface area contributed by atoms with E-state index in [1.165, 1.54) is 27.8 Å². The SMILES string of the molecule is CNCc1ccc(Cc2cc(C)ccc2C)cc1. The van der Waals surface area contributed by atoms with Crippen molar-refractivity contribution in [1.82, 2.24) is 5.32 Å². The molecule has 0 radical (unpaired) electrons. The van der Waals surface area contributed by atoms with E-state index >= 15 is 0 Å². The predicted octanol–water partition coefficient (Wildman–Crippen LogP) is 3.61. The molecule has 0 amide bonds. The first-order valence-electron chi connectivity index (χ1n) is 6.47. The molecule has 0 aliphatic heterocycles. The van der Waals surface area contributed by atoms with Crippen molar-refractivity contribution in [2.75, 3.05) is 7.05 Å². The Hall–Kier alpha value is -1.60. The van der Waals surface area contributed by atoms with Crippen LogP contribution in [0.1, 0.15) is 27.8 Å². The summed E-state index contributed by atoms with van der Waals surface area (Å²) in [5.74, 6) is 0. The minimum absolute atomic E-state index is 0.934. The summed E-state index contributed by atoms with van der Waals surface area (Å²) in [6, 6.07) is 15.5. The van der Waals surface area contributed by atoms with Gasteiger partial charge in [0.1, 0.15) is 0 Å². The molecule has 0 bridgehead atoms. The summed E-state index contributed by atoms with van der Waals surface area (Å²) in [5.41, 5.74) is 6.85. The second-order valence-corrected chi connectivity index (χ2v) is 4.95. The van der Waals surface area contributed by atoms with Crippen LogP contribution in [-0.4, -0.2) is 7.05 Å². The molecule has 18 heavy (non-hydrogen) atoms. The fraction of sp³-hybridized carbons (Fsp3) is 0.294. The van der Waals surface area contributed by atoms with Gasteiger partial charge in [0.15, 0.2) is 0 Å². The topological polar surface area (TPSA) is 12.0 Å². The Bertz CT molecular complexity index is 512. The molecule has 94 valence electrons. The molecule has 0 atom stereocenters. The summed E-state index contributed by atoms with van der Waals surface area (Å²) in [7, 11) is 1.98. The van der Waals surface area contributed by atoms with Crippen molar-refractivity contribution in [2.24, 2.45) is 0 Å². The molecule has 0 fully saturated rings. The predicted molar refractivity (Wildman–Crippen MR) is 77.9 cm³/mol. The monoisotopic (exact) mass is 239 g/mol. The standard InChI is InChI=1S/C17H21N/c1-13-4-5-14(2)17(10-13)11-15-6-8-16(9-7-15)12-18-3/h4-10,18H,11-12H2,1-3H3. The number of nitrogens with one attached hydrogen (secondary N) is 1. The molecule has 0 unspecified atom stereocenters. The Morgan fingerprint density at radius 2 is 1.56 bits per heavy atom. The van der Waals surface area contributed by atoms with Crippen molar-refractivity contribution in [3.63, 3.8) is 0 Å². The third kappa shape index (κ3) is 3.21. The van der Waals surface area contributed by atoms with Crippen LogP contribution in [0, 0.1) is 13.8 Å². The fourth-order valence-electron chi connectivity index (χ4n) is 2.19. The van der Waals surface area contributed by atoms with Crippen LogP contribution in [0.3, 0.4) is 0 Å². The van der Waals surface area contributed by atoms with Crippen LogP contribution in [0.5, 0.6) is 0 Å². The van der Waals surface area contributed by atoms with Gasteiger partial charge in [0.25, 0.3) is 0 Å². The van der Waals surface area contributed by atoms with Crippen molar-refractivity contribution >= 4 is 0 Å². The van der Waals surface area contributed by atoms with Gasteiger partial charge in [-0.15, -0.1) is 0 Å². The van der Waals surface area contributed by atoms with Gasteiger partial charge in [-0.2, -0.15) is 0 Å². The third-order valence-corrected chi connectivity index (χ3v) is 3.30. The average Bonchev–Trinajstić information content (AvgIpc) is 2.37. The van der Waals surface area contributed by atoms with Crippen LogP contribution < -0.4 is 5.32 Å². The molecule has 2 rings (SSSR count). The van der Waals surface area contributed by atoms with Gasteiger partial charge < -0.3 is 5.32 Å². The summed E-state index contributed by atoms with van der Waals surface area (Å²) < 4.78 is 0. The van der Waals surface area contributed by atoms with Gasteiger partial charge in [-0.1, -0.05) is 48.0 Å². The van der Waals surface area contributed by atoms with Gasteiger partial charge in [0.2, 0.25) is 0 Å². The van der Waals surface area contributed by atoms with Crippen LogP contribution in [-0.2, 0) is 13.0 Å². The maximum Gasteiger partial charge on any atom is 0.0202 e. The van der Waals surface area contributed by atoms with E-state index in [1.807, 2.05) is 7.05 Å². The largest absolute Gasteiger partial charge is 0.316 e. The Labute approximate surface area is 110 Å². The highest BCUT2D eigenvalue weighted by molar-refractivity contribution is 5.35. The first kappa shape index (κ1) is 12.8. The zero-order valence-electron chi connectivity index (χ0n) is 11.5. The van der Waals surface area contributed by atoms with Crippen LogP contribution in [0.25, 0.3) is 0 Å². The van der Waals surface area contributed by atoms with Gasteiger partial charge in [-0.05, 0) is 49.6 Å². The average molecular weight is 239 g/mol. The van der Waals surface area contributed by atoms with E-state index < -0.39 is 0 Å². The molecular formula is C17H21N. The smallest absolute Gasteiger partial charge is 0.0202 e. The van der Waals surface area contributed by atoms with Gasteiger partial charge in [0, 0.05) is 6.54 Å². The number of hydrogen-bond acceptors (Lipinski definition) is 1. The van der Waals surface area contributed by atoms with Crippen molar-refractivity contribution in [1.29, 1.82) is 0 Å². The normalized spacial score (nSPS) is 10.6. The van der Waals surface area contributed by atoms with Gasteiger partial charge in [-0.25, -0.2) is 0 Å². The van der Waals surface area contributed by atoms with Crippen molar-refractivity contribution in [3.05, 3.63) is 70.3 Å². The highest BCUT2D eigenvalue weighted by Crippen LogP contribution is 2.16. The molecule has 0 aromatic heterocycles. The van der Waals surface area contributed by atoms with E-state index in [4.69, 9.17) is 0 Å². The minimum Gasteiger partial charge on any atom is -0.316 e. The molecule has 0 spiro atoms. The van der Waals surface area contributed by atoms with Crippen LogP contribution >= 0.6 is 0 Å². The van der Waals surface area contributed by atoms with E-state index in [-0.39, 0.29) is 0 Å². The molecular weight excluding hydrogens is 218 g/mol. The zero-order chi connectivity index (χ0) is 13.0. The second-order valence-electron chi connectivity index (χ2n) is 4.95. The maximum atomic E-state index is 3.17. The lowest BCUT2D eigenvalue weighted by Gasteiger charge is -2.08. The molecule has 2 aromatic rings. The number of hydrogen-bond donors (Lipinski definition) is 1. The highest BCUT2D eigenvalue weighted by atomic mass is 14.8. The summed E-state index contributed by atoms with van der Waals surface area (Å²) >= 11 is 0. The third-order valence-electron chi connectivity index (χ3n) is 3.30. The van der Waals surface area contributed by atoms with E-state index in [2.05, 4.69) is 61.6 Å². The van der Waals surface area contributed by atoms with Gasteiger partial charge in [0.05, 0.1) is 0 Å². The second kappa shape index (κ2) is 5.83. The Morgan fingerprint density at radius 1 is 0.889 bits per heavy atom. The minimum atomic E-state index is 0.934. The Kier molecular flexibility index (Phi) is 4.16. The fourth-order valence-corrected chi connectivity index (χ4v) is 2.19. The molecule has 0 saturated heterocycles. The van der Waals surface area contributed by atoms with E-state index in [9.17, 15) is 0 Å². The number of benzene rings is 2. The van der Waals surface area contributed by atoms with Crippen LogP contribution in [0.2, 0.25) is 0 Å². The summed E-state index contributed by atoms with van der Waals surface area (Å²) in [4.78, 5) is 0. The first-order valence-corrected chi connectivity index (χ1v) is 6.47. The van der Waals surface area contributed by atoms with Crippen molar-refractivity contribution < 1.29 is 0 Å². The molecule has 2 aromatic carbocycles. The molecule has 0 aliphatic rings. The highest BCUT2D eigenvalue weighted by Gasteiger charge is 2.01. The van der Waals surface area contributed by atoms with Gasteiger partial charge in [-0.3, -0.25) is 0 Å². The maximum absolute atomic E-state index is 3.17. The summed E-state index contributed by atoms with van der Waals surface area (Å²) in [6.07, 6.45) is 1.02. The number of rotatable bonds is 4. The lowest BCUT2D eigenvalue weighted by atomic mass is 9.98. The first-order chi connectivity index (χ1) is 8.69. The summed E-state index contributed by atoms with van der Waals surface area (Å²) in [5, 5.41) is 3.17. The zero-order valence-corrected chi connectivity index (χ0v) is 11.5. The quantitative estimate of drug-likeness (QED) is 0.859. The van der Waals surface area contributed by atoms with E-state index in [1.54, 1.807) is 0 Å². The Morgan fingerprint density at radius 3 is 2.22 bits per heavy atom. The molecule has 1 N–H and O–H groups in total. The lowest BCUT2D eigenvalue weighted by molar-refractivity contribution is 0.817. The molecule has 1 nitrogen and oxygen atoms in total. The lowest BCUT2D eigenvalue weighted by Crippen LogP contribution is -2.04.